The number of amides is 1. The van der Waals surface area contributed by atoms with Gasteiger partial charge in [0.25, 0.3) is 5.91 Å². The minimum absolute atomic E-state index is 0.0309. The summed E-state index contributed by atoms with van der Waals surface area (Å²) in [5.74, 6) is -1.17. The minimum atomic E-state index is -0.688. The topological polar surface area (TPSA) is 80.0 Å². The van der Waals surface area contributed by atoms with Gasteiger partial charge in [0.05, 0.1) is 24.5 Å². The second kappa shape index (κ2) is 7.80. The number of rotatable bonds is 7. The van der Waals surface area contributed by atoms with Crippen LogP contribution in [0.4, 0.5) is 0 Å². The molecular weight excluding hydrogens is 346 g/mol. The van der Waals surface area contributed by atoms with Gasteiger partial charge in [-0.15, -0.1) is 0 Å². The first-order valence-corrected chi connectivity index (χ1v) is 8.86. The monoisotopic (exact) mass is 369 g/mol. The normalized spacial score (nSPS) is 17.3. The van der Waals surface area contributed by atoms with E-state index in [2.05, 4.69) is 13.8 Å². The molecule has 0 fully saturated rings. The van der Waals surface area contributed by atoms with E-state index in [-0.39, 0.29) is 17.9 Å². The highest BCUT2D eigenvalue weighted by atomic mass is 16.5. The van der Waals surface area contributed by atoms with Crippen LogP contribution in [0.3, 0.4) is 0 Å². The number of carbonyl (C=O) groups excluding carboxylic acids is 2. The number of nitrogens with zero attached hydrogens (tertiary/aromatic N) is 1. The Morgan fingerprint density at radius 1 is 1.26 bits per heavy atom. The van der Waals surface area contributed by atoms with Crippen LogP contribution >= 0.6 is 0 Å². The van der Waals surface area contributed by atoms with Crippen molar-refractivity contribution in [2.75, 3.05) is 20.3 Å². The van der Waals surface area contributed by atoms with Gasteiger partial charge < -0.3 is 19.2 Å². The molecule has 1 amide bonds. The van der Waals surface area contributed by atoms with Gasteiger partial charge in [0.1, 0.15) is 0 Å². The number of ketones is 1. The smallest absolute Gasteiger partial charge is 0.290 e. The van der Waals surface area contributed by atoms with Gasteiger partial charge in [-0.3, -0.25) is 9.59 Å². The molecule has 1 aliphatic rings. The van der Waals surface area contributed by atoms with Gasteiger partial charge in [0.15, 0.2) is 11.5 Å². The van der Waals surface area contributed by atoms with E-state index in [1.54, 1.807) is 6.07 Å². The average Bonchev–Trinajstić information content (AvgIpc) is 3.28. The van der Waals surface area contributed by atoms with Crippen molar-refractivity contribution in [3.8, 4) is 0 Å². The zero-order valence-corrected chi connectivity index (χ0v) is 15.6. The first-order valence-electron chi connectivity index (χ1n) is 8.86. The molecule has 3 rings (SSSR count). The van der Waals surface area contributed by atoms with Crippen molar-refractivity contribution in [1.82, 2.24) is 4.90 Å². The van der Waals surface area contributed by atoms with E-state index in [4.69, 9.17) is 9.15 Å². The molecule has 142 valence electrons. The van der Waals surface area contributed by atoms with E-state index >= 15 is 0 Å². The zero-order chi connectivity index (χ0) is 19.6. The molecule has 1 aromatic heterocycles. The van der Waals surface area contributed by atoms with Crippen molar-refractivity contribution in [3.05, 3.63) is 70.9 Å². The average molecular weight is 369 g/mol. The summed E-state index contributed by atoms with van der Waals surface area (Å²) in [5, 5.41) is 10.5. The lowest BCUT2D eigenvalue weighted by Crippen LogP contribution is -2.34. The predicted molar refractivity (Wildman–Crippen MR) is 99.6 cm³/mol. The molecule has 0 spiro atoms. The second-order valence-corrected chi connectivity index (χ2v) is 6.78. The molecule has 6 nitrogen and oxygen atoms in total. The molecule has 1 unspecified atom stereocenters. The summed E-state index contributed by atoms with van der Waals surface area (Å²) in [4.78, 5) is 27.0. The Morgan fingerprint density at radius 3 is 2.52 bits per heavy atom. The van der Waals surface area contributed by atoms with Crippen LogP contribution in [0, 0.1) is 0 Å². The fraction of sp³-hybridized carbons (Fsp3) is 0.333. The van der Waals surface area contributed by atoms with Crippen LogP contribution in [0.5, 0.6) is 0 Å². The van der Waals surface area contributed by atoms with Gasteiger partial charge in [-0.05, 0) is 29.2 Å². The SMILES string of the molecule is COCCN1C(=O)C(O)=C(C(=O)c2ccco2)C1c1ccc(C(C)C)cc1. The second-order valence-electron chi connectivity index (χ2n) is 6.78. The Morgan fingerprint density at radius 2 is 1.96 bits per heavy atom. The number of aliphatic hydroxyl groups is 1. The van der Waals surface area contributed by atoms with Crippen LogP contribution in [0.2, 0.25) is 0 Å². The molecule has 1 atom stereocenters. The Hall–Kier alpha value is -2.86. The van der Waals surface area contributed by atoms with Gasteiger partial charge in [-0.2, -0.15) is 0 Å². The molecule has 27 heavy (non-hydrogen) atoms. The van der Waals surface area contributed by atoms with Gasteiger partial charge in [-0.1, -0.05) is 38.1 Å². The lowest BCUT2D eigenvalue weighted by molar-refractivity contribution is -0.130. The molecule has 2 aromatic rings. The summed E-state index contributed by atoms with van der Waals surface area (Å²) >= 11 is 0. The van der Waals surface area contributed by atoms with Crippen molar-refractivity contribution in [2.45, 2.75) is 25.8 Å². The summed E-state index contributed by atoms with van der Waals surface area (Å²) < 4.78 is 10.3. The van der Waals surface area contributed by atoms with E-state index < -0.39 is 23.5 Å². The number of hydrogen-bond donors (Lipinski definition) is 1. The molecule has 2 heterocycles. The molecule has 1 aromatic carbocycles. The fourth-order valence-corrected chi connectivity index (χ4v) is 3.26. The van der Waals surface area contributed by atoms with Crippen LogP contribution in [0.15, 0.2) is 58.4 Å². The van der Waals surface area contributed by atoms with Crippen molar-refractivity contribution in [2.24, 2.45) is 0 Å². The highest BCUT2D eigenvalue weighted by Crippen LogP contribution is 2.39. The molecule has 1 aliphatic heterocycles. The molecular formula is C21H23NO5. The van der Waals surface area contributed by atoms with E-state index in [1.807, 2.05) is 24.3 Å². The third-order valence-corrected chi connectivity index (χ3v) is 4.75. The fourth-order valence-electron chi connectivity index (χ4n) is 3.26. The van der Waals surface area contributed by atoms with Gasteiger partial charge >= 0.3 is 0 Å². The predicted octanol–water partition coefficient (Wildman–Crippen LogP) is 3.63. The number of ether oxygens (including phenoxy) is 1. The van der Waals surface area contributed by atoms with E-state index in [0.29, 0.717) is 12.5 Å². The number of carbonyl (C=O) groups is 2. The van der Waals surface area contributed by atoms with E-state index in [9.17, 15) is 14.7 Å². The summed E-state index contributed by atoms with van der Waals surface area (Å²) in [5.41, 5.74) is 1.93. The molecule has 0 aliphatic carbocycles. The molecule has 0 saturated carbocycles. The maximum absolute atomic E-state index is 12.9. The van der Waals surface area contributed by atoms with Crippen LogP contribution in [0.25, 0.3) is 0 Å². The first-order chi connectivity index (χ1) is 13.0. The Bertz CT molecular complexity index is 849. The van der Waals surface area contributed by atoms with Crippen LogP contribution < -0.4 is 0 Å². The number of methoxy groups -OCH3 is 1. The third kappa shape index (κ3) is 3.53. The number of benzene rings is 1. The van der Waals surface area contributed by atoms with E-state index in [1.165, 1.54) is 24.3 Å². The van der Waals surface area contributed by atoms with Gasteiger partial charge in [-0.25, -0.2) is 0 Å². The standard InChI is InChI=1S/C21H23NO5/c1-13(2)14-6-8-15(9-7-14)18-17(19(23)16-5-4-11-27-16)20(24)21(25)22(18)10-12-26-3/h4-9,11,13,18,24H,10,12H2,1-3H3. The molecule has 0 saturated heterocycles. The molecule has 0 radical (unpaired) electrons. The van der Waals surface area contributed by atoms with Crippen LogP contribution in [-0.4, -0.2) is 42.0 Å². The number of Topliss-reactive ketones (excluding diaryl/α,β-unsaturated/α-hetero) is 1. The van der Waals surface area contributed by atoms with Crippen LogP contribution in [0.1, 0.15) is 47.5 Å². The van der Waals surface area contributed by atoms with E-state index in [0.717, 1.165) is 11.1 Å². The lowest BCUT2D eigenvalue weighted by atomic mass is 9.93. The molecule has 0 bridgehead atoms. The van der Waals surface area contributed by atoms with Crippen molar-refractivity contribution in [1.29, 1.82) is 0 Å². The summed E-state index contributed by atoms with van der Waals surface area (Å²) in [7, 11) is 1.54. The minimum Gasteiger partial charge on any atom is -0.503 e. The number of hydrogen-bond acceptors (Lipinski definition) is 5. The van der Waals surface area contributed by atoms with Crippen molar-refractivity contribution < 1.29 is 23.8 Å². The Labute approximate surface area is 158 Å². The Balaban J connectivity index is 2.05. The highest BCUT2D eigenvalue weighted by Gasteiger charge is 2.44. The summed E-state index contributed by atoms with van der Waals surface area (Å²) in [6.07, 6.45) is 1.39. The Kier molecular flexibility index (Phi) is 5.46. The van der Waals surface area contributed by atoms with Crippen molar-refractivity contribution in [3.63, 3.8) is 0 Å². The van der Waals surface area contributed by atoms with Crippen molar-refractivity contribution >= 4 is 11.7 Å². The first kappa shape index (κ1) is 18.9. The molecule has 1 N–H and O–H groups in total. The summed E-state index contributed by atoms with van der Waals surface area (Å²) in [6.45, 7) is 4.74. The zero-order valence-electron chi connectivity index (χ0n) is 15.6. The van der Waals surface area contributed by atoms with Gasteiger partial charge in [0, 0.05) is 13.7 Å². The maximum atomic E-state index is 12.9. The third-order valence-electron chi connectivity index (χ3n) is 4.75. The highest BCUT2D eigenvalue weighted by molar-refractivity contribution is 6.15. The van der Waals surface area contributed by atoms with Crippen LogP contribution in [-0.2, 0) is 9.53 Å². The quantitative estimate of drug-likeness (QED) is 0.754. The maximum Gasteiger partial charge on any atom is 0.290 e. The summed E-state index contributed by atoms with van der Waals surface area (Å²) in [6, 6.07) is 10.2. The number of furan rings is 1. The number of aliphatic hydroxyl groups excluding tert-OH is 1. The lowest BCUT2D eigenvalue weighted by Gasteiger charge is -2.26. The molecule has 6 heteroatoms. The largest absolute Gasteiger partial charge is 0.503 e. The van der Waals surface area contributed by atoms with Gasteiger partial charge in [0.2, 0.25) is 5.78 Å².